The van der Waals surface area contributed by atoms with Gasteiger partial charge in [0.05, 0.1) is 28.1 Å². The molecule has 79 heavy (non-hydrogen) atoms. The number of carbonyl (C=O) groups excluding carboxylic acids is 5. The molecule has 3 N–H and O–H groups in total. The molecular weight excluding hydrogens is 1130 g/mol. The number of carbonyl (C=O) groups is 5. The van der Waals surface area contributed by atoms with Gasteiger partial charge in [-0.2, -0.15) is 47.9 Å². The van der Waals surface area contributed by atoms with Crippen molar-refractivity contribution >= 4 is 68.5 Å². The van der Waals surface area contributed by atoms with Crippen LogP contribution in [0.5, 0.6) is 17.4 Å². The normalized spacial score (nSPS) is 20.2. The maximum absolute atomic E-state index is 14.5. The lowest BCUT2D eigenvalue weighted by atomic mass is 9.85. The van der Waals surface area contributed by atoms with Gasteiger partial charge < -0.3 is 39.2 Å². The van der Waals surface area contributed by atoms with Gasteiger partial charge in [-0.25, -0.2) is 19.3 Å². The fourth-order valence-electron chi connectivity index (χ4n) is 7.50. The Balaban J connectivity index is 0.000000483. The molecule has 2 aromatic carbocycles. The third-order valence-electron chi connectivity index (χ3n) is 12.3. The number of benzene rings is 2. The molecule has 3 aromatic rings. The molecule has 1 aliphatic heterocycles. The standard InChI is InChI=1S/C36H44ClF6N5O10S.C11H10F3NO5/c1-7-18-15-34(18,30(51)47-59(53,54)58-19-11-12-19)46-28(49)23-13-20(56-24-14-25(55-17-35(38,39)40)44-26-21(24)9-8-10-22(26)37)16-48(23)29(50)27(32(2,3)4)45-31(52)57-33(5,6)36(41,42)43;1-10(2,11(12,13)14)20-9(16)19-8-5-3-7(4-6-8)15(17)18/h8-10,14,18-20,23,27H,7,11-13,15-17H2,1-6H3,(H,45,52)(H,46,49)(H,47,51);3-6H,1-2H3/t18-,20-,23+,27-,34-;/m1./s1. The van der Waals surface area contributed by atoms with Crippen molar-refractivity contribution in [3.05, 3.63) is 63.7 Å². The third-order valence-corrected chi connectivity index (χ3v) is 13.6. The maximum Gasteiger partial charge on any atom is 0.514 e. The largest absolute Gasteiger partial charge is 0.514 e. The fourth-order valence-corrected chi connectivity index (χ4v) is 8.72. The third kappa shape index (κ3) is 16.5. The van der Waals surface area contributed by atoms with E-state index in [0.717, 1.165) is 35.2 Å². The summed E-state index contributed by atoms with van der Waals surface area (Å²) in [5, 5.41) is 15.4. The molecular formula is C47H54ClF9N6O15S. The first-order chi connectivity index (χ1) is 36.1. The summed E-state index contributed by atoms with van der Waals surface area (Å²) in [4.78, 5) is 81.2. The lowest BCUT2D eigenvalue weighted by Crippen LogP contribution is -2.60. The van der Waals surface area contributed by atoms with Crippen molar-refractivity contribution in [3.63, 3.8) is 0 Å². The van der Waals surface area contributed by atoms with Gasteiger partial charge in [-0.1, -0.05) is 51.8 Å². The molecule has 2 saturated carbocycles. The number of rotatable bonds is 17. The highest BCUT2D eigenvalue weighted by Crippen LogP contribution is 2.47. The van der Waals surface area contributed by atoms with Crippen LogP contribution >= 0.6 is 11.6 Å². The van der Waals surface area contributed by atoms with Crippen LogP contribution < -0.4 is 29.6 Å². The summed E-state index contributed by atoms with van der Waals surface area (Å²) >= 11 is 6.32. The van der Waals surface area contributed by atoms with E-state index in [1.165, 1.54) is 39.0 Å². The van der Waals surface area contributed by atoms with Crippen molar-refractivity contribution in [3.8, 4) is 17.4 Å². The van der Waals surface area contributed by atoms with Crippen molar-refractivity contribution in [2.45, 2.75) is 147 Å². The number of ether oxygens (including phenoxy) is 5. The number of hydrogen-bond donors (Lipinski definition) is 3. The van der Waals surface area contributed by atoms with Gasteiger partial charge in [0.1, 0.15) is 35.2 Å². The lowest BCUT2D eigenvalue weighted by Gasteiger charge is -2.36. The first-order valence-corrected chi connectivity index (χ1v) is 25.5. The summed E-state index contributed by atoms with van der Waals surface area (Å²) in [6.45, 7) is 6.55. The predicted octanol–water partition coefficient (Wildman–Crippen LogP) is 8.94. The first-order valence-electron chi connectivity index (χ1n) is 23.7. The fraction of sp³-hybridized carbons (Fsp3) is 0.574. The van der Waals surface area contributed by atoms with Crippen molar-refractivity contribution in [1.82, 2.24) is 25.2 Å². The number of nitrogens with one attached hydrogen (secondary N) is 3. The van der Waals surface area contributed by atoms with E-state index >= 15 is 0 Å². The Hall–Kier alpha value is -6.63. The summed E-state index contributed by atoms with van der Waals surface area (Å²) < 4.78 is 174. The van der Waals surface area contributed by atoms with Gasteiger partial charge >= 0.3 is 41.1 Å². The van der Waals surface area contributed by atoms with Crippen molar-refractivity contribution in [2.75, 3.05) is 13.2 Å². The Bertz CT molecular complexity index is 2900. The molecule has 0 radical (unpaired) electrons. The van der Waals surface area contributed by atoms with E-state index in [1.807, 2.05) is 4.72 Å². The molecule has 2 aliphatic carbocycles. The van der Waals surface area contributed by atoms with Crippen LogP contribution in [-0.4, -0.2) is 126 Å². The number of non-ortho nitro benzene ring substituents is 1. The first kappa shape index (κ1) is 63.2. The second-order valence-corrected chi connectivity index (χ2v) is 22.2. The van der Waals surface area contributed by atoms with Gasteiger partial charge in [-0.15, -0.1) is 0 Å². The summed E-state index contributed by atoms with van der Waals surface area (Å²) in [6.07, 6.45) is -18.5. The zero-order chi connectivity index (χ0) is 59.6. The minimum absolute atomic E-state index is 0.00531. The minimum atomic E-state index is -4.99. The van der Waals surface area contributed by atoms with Crippen LogP contribution in [0.3, 0.4) is 0 Å². The molecule has 3 aliphatic rings. The number of para-hydroxylation sites is 1. The SMILES string of the molecule is CC(C)(OC(=O)Oc1ccc([N+](=O)[O-])cc1)C(F)(F)F.CC[C@@H]1C[C@]1(NC(=O)[C@@H]1C[C@@H](Oc2cc(OCC(F)(F)F)nc3c(Cl)cccc23)CN1C(=O)[C@@H](NC(=O)OC(C)(C)C(F)(F)F)C(C)(C)C)C(=O)NS(=O)(=O)OC1CC1. The molecule has 3 fully saturated rings. The van der Waals surface area contributed by atoms with E-state index in [2.05, 4.69) is 29.8 Å². The number of nitro benzene ring substituents is 1. The summed E-state index contributed by atoms with van der Waals surface area (Å²) in [6, 6.07) is 6.53. The smallest absolute Gasteiger partial charge is 0.488 e. The van der Waals surface area contributed by atoms with Gasteiger partial charge in [-0.05, 0) is 82.6 Å². The van der Waals surface area contributed by atoms with Crippen LogP contribution in [0.25, 0.3) is 10.9 Å². The highest BCUT2D eigenvalue weighted by atomic mass is 35.5. The molecule has 0 unspecified atom stereocenters. The zero-order valence-corrected chi connectivity index (χ0v) is 44.7. The molecule has 0 spiro atoms. The van der Waals surface area contributed by atoms with E-state index in [0.29, 0.717) is 47.0 Å². The number of alkyl halides is 9. The van der Waals surface area contributed by atoms with E-state index in [1.54, 1.807) is 6.92 Å². The molecule has 32 heteroatoms. The number of likely N-dealkylation sites (tertiary alicyclic amines) is 1. The number of pyridine rings is 1. The van der Waals surface area contributed by atoms with Crippen LogP contribution in [-0.2, 0) is 38.3 Å². The van der Waals surface area contributed by atoms with Crippen LogP contribution in [0.2, 0.25) is 5.02 Å². The number of alkyl carbamates (subject to hydrolysis) is 1. The van der Waals surface area contributed by atoms with Gasteiger partial charge in [-0.3, -0.25) is 28.7 Å². The molecule has 21 nitrogen and oxygen atoms in total. The van der Waals surface area contributed by atoms with Gasteiger partial charge in [0.2, 0.25) is 28.9 Å². The lowest BCUT2D eigenvalue weighted by molar-refractivity contribution is -0.384. The number of nitrogens with zero attached hydrogens (tertiary/aromatic N) is 3. The van der Waals surface area contributed by atoms with Crippen LogP contribution in [0.15, 0.2) is 48.5 Å². The average Bonchev–Trinajstić information content (AvgIpc) is 4.37. The van der Waals surface area contributed by atoms with Crippen LogP contribution in [0.4, 0.5) is 54.8 Å². The topological polar surface area (TPSA) is 270 Å². The molecule has 5 atom stereocenters. The number of fused-ring (bicyclic) bond motifs is 1. The average molecular weight is 1180 g/mol. The number of amides is 4. The summed E-state index contributed by atoms with van der Waals surface area (Å²) in [5.41, 5.74) is -8.91. The second kappa shape index (κ2) is 23.2. The van der Waals surface area contributed by atoms with E-state index in [4.69, 9.17) is 25.3 Å². The Kier molecular flexibility index (Phi) is 18.6. The van der Waals surface area contributed by atoms with Crippen molar-refractivity contribution in [2.24, 2.45) is 11.3 Å². The van der Waals surface area contributed by atoms with Gasteiger partial charge in [0, 0.05) is 30.0 Å². The molecule has 4 amide bonds. The van der Waals surface area contributed by atoms with Crippen molar-refractivity contribution < 1.29 is 105 Å². The number of halogens is 10. The van der Waals surface area contributed by atoms with Crippen molar-refractivity contribution in [1.29, 1.82) is 0 Å². The molecule has 1 saturated heterocycles. The quantitative estimate of drug-likeness (QED) is 0.0374. The Labute approximate surface area is 449 Å². The maximum atomic E-state index is 14.5. The Morgan fingerprint density at radius 2 is 1.48 bits per heavy atom. The van der Waals surface area contributed by atoms with Crippen LogP contribution in [0, 0.1) is 21.4 Å². The summed E-state index contributed by atoms with van der Waals surface area (Å²) in [5.74, 6) is -4.37. The number of aromatic nitrogens is 1. The highest BCUT2D eigenvalue weighted by Gasteiger charge is 2.62. The van der Waals surface area contributed by atoms with E-state index in [9.17, 15) is 82.0 Å². The molecule has 2 heterocycles. The molecule has 438 valence electrons. The second-order valence-electron chi connectivity index (χ2n) is 20.5. The monoisotopic (exact) mass is 1180 g/mol. The van der Waals surface area contributed by atoms with Gasteiger partial charge in [0.15, 0.2) is 6.61 Å². The molecule has 1 aromatic heterocycles. The predicted molar refractivity (Wildman–Crippen MR) is 257 cm³/mol. The number of nitro groups is 1. The van der Waals surface area contributed by atoms with E-state index in [-0.39, 0.29) is 46.0 Å². The molecule has 6 rings (SSSR count). The van der Waals surface area contributed by atoms with Gasteiger partial charge in [0.25, 0.3) is 11.6 Å². The molecule has 0 bridgehead atoms. The summed E-state index contributed by atoms with van der Waals surface area (Å²) in [7, 11) is -4.56. The minimum Gasteiger partial charge on any atom is -0.488 e. The Morgan fingerprint density at radius 1 is 0.886 bits per heavy atom. The van der Waals surface area contributed by atoms with E-state index < -0.39 is 135 Å². The highest BCUT2D eigenvalue weighted by molar-refractivity contribution is 7.85. The van der Waals surface area contributed by atoms with Crippen LogP contribution in [0.1, 0.15) is 87.5 Å². The zero-order valence-electron chi connectivity index (χ0n) is 43.1. The Morgan fingerprint density at radius 3 is 2.00 bits per heavy atom. The number of hydrogen-bond acceptors (Lipinski definition) is 16.